The second kappa shape index (κ2) is 9.43. The minimum Gasteiger partial charge on any atom is -0.744 e. The van der Waals surface area contributed by atoms with Gasteiger partial charge in [0.05, 0.1) is 14.0 Å². The molecule has 0 radical (unpaired) electrons. The van der Waals surface area contributed by atoms with Crippen LogP contribution in [0.2, 0.25) is 0 Å². The molecule has 2 aromatic rings. The van der Waals surface area contributed by atoms with Crippen molar-refractivity contribution < 1.29 is 22.5 Å². The molecule has 3 rings (SSSR count). The Balaban J connectivity index is 1.97. The zero-order valence-corrected chi connectivity index (χ0v) is 21.9. The zero-order chi connectivity index (χ0) is 20.5. The van der Waals surface area contributed by atoms with Crippen molar-refractivity contribution in [2.45, 2.75) is 42.9 Å². The summed E-state index contributed by atoms with van der Waals surface area (Å²) in [5, 5.41) is 0. The minimum absolute atomic E-state index is 0.0287. The molecule has 1 saturated carbocycles. The van der Waals surface area contributed by atoms with Gasteiger partial charge in [-0.3, -0.25) is 0 Å². The van der Waals surface area contributed by atoms with E-state index >= 15 is 0 Å². The van der Waals surface area contributed by atoms with Gasteiger partial charge in [-0.1, -0.05) is 19.3 Å². The first-order valence-corrected chi connectivity index (χ1v) is 13.3. The number of hydrogen-bond acceptors (Lipinski definition) is 5. The fraction of sp³-hybridized carbons (Fsp3) is 0.316. The molecule has 1 fully saturated rings. The van der Waals surface area contributed by atoms with Crippen LogP contribution in [0.3, 0.4) is 0 Å². The second-order valence-electron chi connectivity index (χ2n) is 6.63. The Kier molecular flexibility index (Phi) is 7.64. The molecular weight excluding hydrogens is 721 g/mol. The first kappa shape index (κ1) is 22.7. The van der Waals surface area contributed by atoms with Crippen molar-refractivity contribution in [3.63, 3.8) is 0 Å². The number of carbonyl (C=O) groups excluding carboxylic acids is 1. The molecule has 0 amide bonds. The summed E-state index contributed by atoms with van der Waals surface area (Å²) in [5.41, 5.74) is 0.689. The van der Waals surface area contributed by atoms with Gasteiger partial charge in [0.1, 0.15) is 15.9 Å². The standard InChI is InChI=1S/C19H17I3O5S/c20-13-9-15(21)18(22)16(10-13)27-19(23)12-6-7-17(28(24,25)26)14(8-12)11-4-2-1-3-5-11/h6-11H,1-5H2,(H,24,25,26)/p-1. The molecule has 0 unspecified atom stereocenters. The van der Waals surface area contributed by atoms with Crippen molar-refractivity contribution in [3.05, 3.63) is 52.2 Å². The normalized spacial score (nSPS) is 15.4. The molecule has 0 bridgehead atoms. The summed E-state index contributed by atoms with van der Waals surface area (Å²) in [5.74, 6) is -0.136. The SMILES string of the molecule is O=C(Oc1cc(I)cc(I)c1I)c1ccc(S(=O)(=O)[O-])c(C2CCCCC2)c1. The predicted molar refractivity (Wildman–Crippen MR) is 130 cm³/mol. The van der Waals surface area contributed by atoms with Crippen LogP contribution in [0.4, 0.5) is 0 Å². The summed E-state index contributed by atoms with van der Waals surface area (Å²) in [4.78, 5) is 12.5. The molecule has 5 nitrogen and oxygen atoms in total. The second-order valence-corrected chi connectivity index (χ2v) is 11.5. The van der Waals surface area contributed by atoms with E-state index in [4.69, 9.17) is 4.74 Å². The van der Waals surface area contributed by atoms with E-state index in [1.165, 1.54) is 18.2 Å². The molecule has 0 saturated heterocycles. The third-order valence-corrected chi connectivity index (χ3v) is 9.25. The maximum atomic E-state index is 12.7. The van der Waals surface area contributed by atoms with Gasteiger partial charge in [-0.25, -0.2) is 13.2 Å². The molecule has 0 aromatic heterocycles. The first-order valence-electron chi connectivity index (χ1n) is 8.63. The summed E-state index contributed by atoms with van der Waals surface area (Å²) in [6.07, 6.45) is 4.69. The summed E-state index contributed by atoms with van der Waals surface area (Å²) in [6, 6.07) is 7.88. The van der Waals surface area contributed by atoms with Gasteiger partial charge in [-0.2, -0.15) is 0 Å². The van der Waals surface area contributed by atoms with Crippen LogP contribution in [0.15, 0.2) is 35.2 Å². The van der Waals surface area contributed by atoms with E-state index in [2.05, 4.69) is 67.8 Å². The molecular formula is C19H16I3O5S-. The lowest BCUT2D eigenvalue weighted by Crippen LogP contribution is -2.15. The molecule has 9 heteroatoms. The summed E-state index contributed by atoms with van der Waals surface area (Å²) in [7, 11) is -4.61. The molecule has 1 aliphatic carbocycles. The highest BCUT2D eigenvalue weighted by Crippen LogP contribution is 2.37. The van der Waals surface area contributed by atoms with Gasteiger partial charge in [0.15, 0.2) is 0 Å². The monoisotopic (exact) mass is 737 g/mol. The Bertz CT molecular complexity index is 1010. The van der Waals surface area contributed by atoms with Gasteiger partial charge >= 0.3 is 5.97 Å². The third-order valence-electron chi connectivity index (χ3n) is 4.72. The molecule has 0 spiro atoms. The van der Waals surface area contributed by atoms with Gasteiger partial charge in [-0.15, -0.1) is 0 Å². The highest BCUT2D eigenvalue weighted by Gasteiger charge is 2.23. The Morgan fingerprint density at radius 1 is 1.04 bits per heavy atom. The number of hydrogen-bond donors (Lipinski definition) is 0. The predicted octanol–water partition coefficient (Wildman–Crippen LogP) is 5.67. The molecule has 2 aromatic carbocycles. The highest BCUT2D eigenvalue weighted by molar-refractivity contribution is 14.1. The van der Waals surface area contributed by atoms with Gasteiger partial charge in [0, 0.05) is 7.14 Å². The van der Waals surface area contributed by atoms with Crippen molar-refractivity contribution in [2.75, 3.05) is 0 Å². The van der Waals surface area contributed by atoms with Gasteiger partial charge in [-0.05, 0) is 122 Å². The van der Waals surface area contributed by atoms with Crippen LogP contribution < -0.4 is 4.74 Å². The van der Waals surface area contributed by atoms with Crippen molar-refractivity contribution in [1.29, 1.82) is 0 Å². The van der Waals surface area contributed by atoms with E-state index in [1.807, 2.05) is 6.07 Å². The number of ether oxygens (including phenoxy) is 1. The minimum atomic E-state index is -4.61. The topological polar surface area (TPSA) is 83.5 Å². The van der Waals surface area contributed by atoms with E-state index in [9.17, 15) is 17.8 Å². The lowest BCUT2D eigenvalue weighted by Gasteiger charge is -2.25. The van der Waals surface area contributed by atoms with Crippen LogP contribution in [0.5, 0.6) is 5.75 Å². The van der Waals surface area contributed by atoms with Crippen LogP contribution in [0.1, 0.15) is 53.9 Å². The van der Waals surface area contributed by atoms with Crippen LogP contribution in [0, 0.1) is 10.7 Å². The zero-order valence-electron chi connectivity index (χ0n) is 14.6. The number of carbonyl (C=O) groups is 1. The van der Waals surface area contributed by atoms with Gasteiger partial charge in [0.2, 0.25) is 0 Å². The van der Waals surface area contributed by atoms with Crippen LogP contribution in [0.25, 0.3) is 0 Å². The van der Waals surface area contributed by atoms with Gasteiger partial charge in [0.25, 0.3) is 0 Å². The first-order chi connectivity index (χ1) is 13.2. The fourth-order valence-electron chi connectivity index (χ4n) is 3.40. The number of esters is 1. The molecule has 0 aliphatic heterocycles. The molecule has 28 heavy (non-hydrogen) atoms. The van der Waals surface area contributed by atoms with E-state index in [1.54, 1.807) is 6.07 Å². The molecule has 150 valence electrons. The van der Waals surface area contributed by atoms with Crippen molar-refractivity contribution >= 4 is 83.9 Å². The fourth-order valence-corrected chi connectivity index (χ4v) is 6.36. The smallest absolute Gasteiger partial charge is 0.343 e. The number of rotatable bonds is 4. The molecule has 1 aliphatic rings. The van der Waals surface area contributed by atoms with Crippen molar-refractivity contribution in [3.8, 4) is 5.75 Å². The van der Waals surface area contributed by atoms with E-state index in [0.717, 1.165) is 42.8 Å². The molecule has 0 N–H and O–H groups in total. The molecule has 0 heterocycles. The maximum Gasteiger partial charge on any atom is 0.343 e. The van der Waals surface area contributed by atoms with Crippen molar-refractivity contribution in [1.82, 2.24) is 0 Å². The van der Waals surface area contributed by atoms with E-state index < -0.39 is 16.1 Å². The Labute approximate surface area is 205 Å². The summed E-state index contributed by atoms with van der Waals surface area (Å²) >= 11 is 6.46. The maximum absolute atomic E-state index is 12.7. The summed E-state index contributed by atoms with van der Waals surface area (Å²) < 4.78 is 43.5. The number of halogens is 3. The average Bonchev–Trinajstić information content (AvgIpc) is 2.65. The quantitative estimate of drug-likeness (QED) is 0.133. The number of benzene rings is 2. The lowest BCUT2D eigenvalue weighted by molar-refractivity contribution is 0.0733. The van der Waals surface area contributed by atoms with E-state index in [-0.39, 0.29) is 16.4 Å². The van der Waals surface area contributed by atoms with Crippen LogP contribution >= 0.6 is 67.8 Å². The molecule has 0 atom stereocenters. The van der Waals surface area contributed by atoms with Crippen LogP contribution in [-0.4, -0.2) is 18.9 Å². The average molecular weight is 737 g/mol. The van der Waals surface area contributed by atoms with Crippen molar-refractivity contribution in [2.24, 2.45) is 0 Å². The van der Waals surface area contributed by atoms with Gasteiger partial charge < -0.3 is 9.29 Å². The van der Waals surface area contributed by atoms with E-state index in [0.29, 0.717) is 11.3 Å². The van der Waals surface area contributed by atoms with Crippen LogP contribution in [-0.2, 0) is 10.1 Å². The Morgan fingerprint density at radius 2 is 1.71 bits per heavy atom. The highest BCUT2D eigenvalue weighted by atomic mass is 127. The Morgan fingerprint density at radius 3 is 2.36 bits per heavy atom. The lowest BCUT2D eigenvalue weighted by atomic mass is 9.83. The Hall–Kier alpha value is 0.01000. The third kappa shape index (κ3) is 5.38. The summed E-state index contributed by atoms with van der Waals surface area (Å²) in [6.45, 7) is 0. The largest absolute Gasteiger partial charge is 0.744 e.